The molecule has 2 aromatic rings. The predicted molar refractivity (Wildman–Crippen MR) is 102 cm³/mol. The normalized spacial score (nSPS) is 17.7. The number of aromatic nitrogens is 3. The van der Waals surface area contributed by atoms with Crippen LogP contribution in [0, 0.1) is 0 Å². The fourth-order valence-corrected chi connectivity index (χ4v) is 4.06. The third-order valence-electron chi connectivity index (χ3n) is 5.57. The van der Waals surface area contributed by atoms with Crippen LogP contribution in [0.3, 0.4) is 0 Å². The van der Waals surface area contributed by atoms with Gasteiger partial charge in [-0.1, -0.05) is 30.2 Å². The van der Waals surface area contributed by atoms with Gasteiger partial charge < -0.3 is 4.74 Å². The molecule has 1 aliphatic carbocycles. The summed E-state index contributed by atoms with van der Waals surface area (Å²) in [6.45, 7) is 9.14. The lowest BCUT2D eigenvalue weighted by Gasteiger charge is -2.28. The van der Waals surface area contributed by atoms with Gasteiger partial charge in [0.2, 0.25) is 0 Å². The smallest absolute Gasteiger partial charge is 0.122 e. The van der Waals surface area contributed by atoms with Gasteiger partial charge in [0.25, 0.3) is 0 Å². The molecule has 0 saturated heterocycles. The van der Waals surface area contributed by atoms with Crippen molar-refractivity contribution in [1.82, 2.24) is 19.9 Å². The number of benzene rings is 1. The fraction of sp³-hybridized carbons (Fsp3) is 0.619. The van der Waals surface area contributed by atoms with Crippen LogP contribution in [-0.2, 0) is 25.0 Å². The van der Waals surface area contributed by atoms with E-state index in [9.17, 15) is 0 Å². The van der Waals surface area contributed by atoms with Gasteiger partial charge in [-0.2, -0.15) is 0 Å². The van der Waals surface area contributed by atoms with E-state index in [0.29, 0.717) is 6.04 Å². The number of fused-ring (bicyclic) bond motifs is 1. The maximum atomic E-state index is 5.65. The average Bonchev–Trinajstić information content (AvgIpc) is 3.34. The number of hydrogen-bond donors (Lipinski definition) is 0. The number of nitrogens with zero attached hydrogens (tertiary/aromatic N) is 4. The Balaban J connectivity index is 1.52. The van der Waals surface area contributed by atoms with Crippen molar-refractivity contribution in [3.63, 3.8) is 0 Å². The lowest BCUT2D eigenvalue weighted by Crippen LogP contribution is -2.32. The molecule has 5 nitrogen and oxygen atoms in total. The van der Waals surface area contributed by atoms with Crippen molar-refractivity contribution in [2.24, 2.45) is 0 Å². The molecule has 0 unspecified atom stereocenters. The van der Waals surface area contributed by atoms with Crippen LogP contribution in [0.5, 0.6) is 5.75 Å². The minimum absolute atomic E-state index is 0.0244. The lowest BCUT2D eigenvalue weighted by molar-refractivity contribution is 0.178. The molecule has 0 N–H and O–H groups in total. The summed E-state index contributed by atoms with van der Waals surface area (Å²) in [5.74, 6) is 1.06. The van der Waals surface area contributed by atoms with Crippen molar-refractivity contribution in [3.05, 3.63) is 41.2 Å². The average molecular weight is 354 g/mol. The molecule has 0 radical (unpaired) electrons. The van der Waals surface area contributed by atoms with Gasteiger partial charge in [-0.25, -0.2) is 4.68 Å². The summed E-state index contributed by atoms with van der Waals surface area (Å²) in [5, 5.41) is 8.79. The maximum absolute atomic E-state index is 5.65. The zero-order valence-corrected chi connectivity index (χ0v) is 16.2. The van der Waals surface area contributed by atoms with E-state index >= 15 is 0 Å². The number of hydrogen-bond acceptors (Lipinski definition) is 4. The highest BCUT2D eigenvalue weighted by atomic mass is 16.5. The molecule has 0 atom stereocenters. The molecule has 1 aromatic carbocycles. The molecule has 5 heteroatoms. The first kappa shape index (κ1) is 17.5. The third kappa shape index (κ3) is 3.78. The van der Waals surface area contributed by atoms with Gasteiger partial charge in [0.1, 0.15) is 5.75 Å². The van der Waals surface area contributed by atoms with Crippen molar-refractivity contribution >= 4 is 0 Å². The van der Waals surface area contributed by atoms with Gasteiger partial charge in [0.15, 0.2) is 0 Å². The van der Waals surface area contributed by atoms with E-state index in [1.807, 2.05) is 4.68 Å². The second-order valence-corrected chi connectivity index (χ2v) is 8.71. The Morgan fingerprint density at radius 2 is 2.00 bits per heavy atom. The second kappa shape index (κ2) is 7.03. The molecular weight excluding hydrogens is 324 g/mol. The molecule has 4 rings (SSSR count). The summed E-state index contributed by atoms with van der Waals surface area (Å²) in [6, 6.07) is 7.34. The number of rotatable bonds is 5. The van der Waals surface area contributed by atoms with E-state index in [4.69, 9.17) is 4.74 Å². The van der Waals surface area contributed by atoms with Crippen LogP contribution in [0.4, 0.5) is 0 Å². The molecule has 0 spiro atoms. The van der Waals surface area contributed by atoms with Gasteiger partial charge >= 0.3 is 0 Å². The Kier molecular flexibility index (Phi) is 4.74. The highest BCUT2D eigenvalue weighted by Gasteiger charge is 2.25. The van der Waals surface area contributed by atoms with Gasteiger partial charge in [-0.05, 0) is 50.8 Å². The van der Waals surface area contributed by atoms with E-state index in [1.165, 1.54) is 36.8 Å². The van der Waals surface area contributed by atoms with E-state index in [1.54, 1.807) is 0 Å². The number of ether oxygens (including phenoxy) is 1. The molecule has 2 heterocycles. The van der Waals surface area contributed by atoms with Crippen molar-refractivity contribution in [2.45, 2.75) is 77.5 Å². The zero-order valence-electron chi connectivity index (χ0n) is 16.2. The summed E-state index contributed by atoms with van der Waals surface area (Å²) in [6.07, 6.45) is 8.41. The van der Waals surface area contributed by atoms with E-state index in [0.717, 1.165) is 37.6 Å². The first-order valence-corrected chi connectivity index (χ1v) is 9.89. The first-order chi connectivity index (χ1) is 12.5. The lowest BCUT2D eigenvalue weighted by atomic mass is 10.1. The summed E-state index contributed by atoms with van der Waals surface area (Å²) in [4.78, 5) is 2.60. The molecule has 2 aliphatic rings. The standard InChI is InChI=1S/C21H30N4O/c1-21(2,3)25-15-18(22-23-25)14-24(19-6-4-5-7-19)13-16-8-9-20-17(12-16)10-11-26-20/h8-9,12,15,19H,4-7,10-11,13-14H2,1-3H3. The Hall–Kier alpha value is -1.88. The molecule has 1 aliphatic heterocycles. The Bertz CT molecular complexity index is 756. The molecule has 140 valence electrons. The van der Waals surface area contributed by atoms with Crippen molar-refractivity contribution < 1.29 is 4.74 Å². The fourth-order valence-electron chi connectivity index (χ4n) is 4.06. The van der Waals surface area contributed by atoms with Crippen LogP contribution >= 0.6 is 0 Å². The van der Waals surface area contributed by atoms with E-state index < -0.39 is 0 Å². The molecule has 0 amide bonds. The quantitative estimate of drug-likeness (QED) is 0.816. The summed E-state index contributed by atoms with van der Waals surface area (Å²) in [7, 11) is 0. The topological polar surface area (TPSA) is 43.2 Å². The zero-order chi connectivity index (χ0) is 18.1. The highest BCUT2D eigenvalue weighted by molar-refractivity contribution is 5.39. The molecule has 1 aromatic heterocycles. The van der Waals surface area contributed by atoms with Crippen LogP contribution in [0.15, 0.2) is 24.4 Å². The van der Waals surface area contributed by atoms with Crippen LogP contribution in [0.1, 0.15) is 63.3 Å². The van der Waals surface area contributed by atoms with Crippen LogP contribution in [0.2, 0.25) is 0 Å². The third-order valence-corrected chi connectivity index (χ3v) is 5.57. The maximum Gasteiger partial charge on any atom is 0.122 e. The van der Waals surface area contributed by atoms with Gasteiger partial charge in [0, 0.05) is 25.6 Å². The minimum Gasteiger partial charge on any atom is -0.493 e. The minimum atomic E-state index is -0.0244. The van der Waals surface area contributed by atoms with Gasteiger partial charge in [0.05, 0.1) is 24.0 Å². The first-order valence-electron chi connectivity index (χ1n) is 9.89. The molecule has 0 bridgehead atoms. The molecule has 1 saturated carbocycles. The van der Waals surface area contributed by atoms with Gasteiger partial charge in [-0.15, -0.1) is 5.10 Å². The van der Waals surface area contributed by atoms with Crippen LogP contribution in [-0.4, -0.2) is 32.5 Å². The largest absolute Gasteiger partial charge is 0.493 e. The van der Waals surface area contributed by atoms with Gasteiger partial charge in [-0.3, -0.25) is 4.90 Å². The second-order valence-electron chi connectivity index (χ2n) is 8.71. The Labute approximate surface area is 156 Å². The molecular formula is C21H30N4O. The van der Waals surface area contributed by atoms with Crippen molar-refractivity contribution in [1.29, 1.82) is 0 Å². The van der Waals surface area contributed by atoms with E-state index in [-0.39, 0.29) is 5.54 Å². The van der Waals surface area contributed by atoms with Crippen LogP contribution < -0.4 is 4.74 Å². The van der Waals surface area contributed by atoms with Crippen LogP contribution in [0.25, 0.3) is 0 Å². The Morgan fingerprint density at radius 3 is 2.73 bits per heavy atom. The SMILES string of the molecule is CC(C)(C)n1cc(CN(Cc2ccc3c(c2)CCO3)C2CCCC2)nn1. The monoisotopic (exact) mass is 354 g/mol. The summed E-state index contributed by atoms with van der Waals surface area (Å²) in [5.41, 5.74) is 3.77. The van der Waals surface area contributed by atoms with Crippen molar-refractivity contribution in [3.8, 4) is 5.75 Å². The molecule has 26 heavy (non-hydrogen) atoms. The summed E-state index contributed by atoms with van der Waals surface area (Å²) >= 11 is 0. The predicted octanol–water partition coefficient (Wildman–Crippen LogP) is 3.91. The van der Waals surface area contributed by atoms with Crippen molar-refractivity contribution in [2.75, 3.05) is 6.61 Å². The Morgan fingerprint density at radius 1 is 1.19 bits per heavy atom. The molecule has 1 fully saturated rings. The summed E-state index contributed by atoms with van der Waals surface area (Å²) < 4.78 is 7.63. The highest BCUT2D eigenvalue weighted by Crippen LogP contribution is 2.29. The van der Waals surface area contributed by atoms with E-state index in [2.05, 4.69) is 60.4 Å².